The van der Waals surface area contributed by atoms with Gasteiger partial charge in [-0.05, 0) is 59.5 Å². The number of methoxy groups -OCH3 is 1. The predicted octanol–water partition coefficient (Wildman–Crippen LogP) is 3.72. The van der Waals surface area contributed by atoms with Crippen LogP contribution in [-0.4, -0.2) is 13.7 Å². The highest BCUT2D eigenvalue weighted by atomic mass is 32.1. The normalized spacial score (nSPS) is 10.2. The molecule has 0 saturated heterocycles. The summed E-state index contributed by atoms with van der Waals surface area (Å²) in [6, 6.07) is 8.28. The summed E-state index contributed by atoms with van der Waals surface area (Å²) in [5.74, 6) is 0.908. The molecule has 0 saturated carbocycles. The van der Waals surface area contributed by atoms with Crippen molar-refractivity contribution >= 4 is 17.0 Å². The highest BCUT2D eigenvalue weighted by Crippen LogP contribution is 2.21. The molecule has 0 unspecified atom stereocenters. The summed E-state index contributed by atoms with van der Waals surface area (Å²) in [7, 11) is 1.69. The Balaban J connectivity index is 1.90. The maximum atomic E-state index is 5.19. The second kappa shape index (κ2) is 5.73. The molecule has 1 aromatic heterocycles. The van der Waals surface area contributed by atoms with Gasteiger partial charge < -0.3 is 10.1 Å². The molecule has 1 aromatic carbocycles. The van der Waals surface area contributed by atoms with Crippen molar-refractivity contribution in [1.29, 1.82) is 0 Å². The molecule has 0 bridgehead atoms. The Labute approximate surface area is 106 Å². The van der Waals surface area contributed by atoms with E-state index in [1.807, 2.05) is 12.1 Å². The van der Waals surface area contributed by atoms with Crippen LogP contribution in [0.5, 0.6) is 5.75 Å². The largest absolute Gasteiger partial charge is 0.497 e. The van der Waals surface area contributed by atoms with Crippen LogP contribution < -0.4 is 10.1 Å². The summed E-state index contributed by atoms with van der Waals surface area (Å²) >= 11 is 1.75. The molecule has 0 amide bonds. The van der Waals surface area contributed by atoms with Gasteiger partial charge in [0.2, 0.25) is 0 Å². The molecule has 2 rings (SSSR count). The van der Waals surface area contributed by atoms with Crippen LogP contribution in [-0.2, 0) is 6.42 Å². The van der Waals surface area contributed by atoms with Crippen molar-refractivity contribution in [3.8, 4) is 5.75 Å². The van der Waals surface area contributed by atoms with Gasteiger partial charge in [-0.1, -0.05) is 0 Å². The standard InChI is InChI=1S/C14H17NOS/c1-11-9-13(16-2)3-4-14(11)15-7-5-12-6-8-17-10-12/h3-4,6,8-10,15H,5,7H2,1-2H3. The van der Waals surface area contributed by atoms with Gasteiger partial charge >= 0.3 is 0 Å². The average molecular weight is 247 g/mol. The van der Waals surface area contributed by atoms with Gasteiger partial charge in [0, 0.05) is 12.2 Å². The Morgan fingerprint density at radius 2 is 2.18 bits per heavy atom. The van der Waals surface area contributed by atoms with Crippen molar-refractivity contribution in [2.45, 2.75) is 13.3 Å². The van der Waals surface area contributed by atoms with Crippen LogP contribution >= 0.6 is 11.3 Å². The van der Waals surface area contributed by atoms with Gasteiger partial charge in [-0.2, -0.15) is 11.3 Å². The van der Waals surface area contributed by atoms with Crippen LogP contribution in [0.1, 0.15) is 11.1 Å². The van der Waals surface area contributed by atoms with Crippen LogP contribution in [0.3, 0.4) is 0 Å². The maximum absolute atomic E-state index is 5.19. The van der Waals surface area contributed by atoms with Crippen molar-refractivity contribution in [3.63, 3.8) is 0 Å². The van der Waals surface area contributed by atoms with Gasteiger partial charge in [0.05, 0.1) is 7.11 Å². The molecule has 90 valence electrons. The highest BCUT2D eigenvalue weighted by molar-refractivity contribution is 7.07. The fourth-order valence-electron chi connectivity index (χ4n) is 1.74. The molecule has 0 radical (unpaired) electrons. The Hall–Kier alpha value is -1.48. The third-order valence-corrected chi connectivity index (χ3v) is 3.47. The molecule has 0 fully saturated rings. The van der Waals surface area contributed by atoms with E-state index in [-0.39, 0.29) is 0 Å². The fourth-order valence-corrected chi connectivity index (χ4v) is 2.44. The van der Waals surface area contributed by atoms with Crippen LogP contribution in [0, 0.1) is 6.92 Å². The zero-order valence-electron chi connectivity index (χ0n) is 10.2. The predicted molar refractivity (Wildman–Crippen MR) is 74.2 cm³/mol. The molecule has 1 heterocycles. The Morgan fingerprint density at radius 3 is 2.82 bits per heavy atom. The molecule has 0 aliphatic heterocycles. The minimum absolute atomic E-state index is 0.908. The zero-order valence-corrected chi connectivity index (χ0v) is 11.0. The first-order valence-electron chi connectivity index (χ1n) is 5.69. The van der Waals surface area contributed by atoms with Gasteiger partial charge in [0.25, 0.3) is 0 Å². The van der Waals surface area contributed by atoms with E-state index >= 15 is 0 Å². The summed E-state index contributed by atoms with van der Waals surface area (Å²) in [4.78, 5) is 0. The van der Waals surface area contributed by atoms with E-state index in [0.29, 0.717) is 0 Å². The van der Waals surface area contributed by atoms with Crippen LogP contribution in [0.25, 0.3) is 0 Å². The quantitative estimate of drug-likeness (QED) is 0.869. The third kappa shape index (κ3) is 3.24. The first-order chi connectivity index (χ1) is 8.29. The van der Waals surface area contributed by atoms with E-state index < -0.39 is 0 Å². The number of rotatable bonds is 5. The number of benzene rings is 1. The summed E-state index contributed by atoms with van der Waals surface area (Å²) in [6.07, 6.45) is 1.06. The molecular formula is C14H17NOS. The van der Waals surface area contributed by atoms with Gasteiger partial charge in [-0.25, -0.2) is 0 Å². The minimum Gasteiger partial charge on any atom is -0.497 e. The van der Waals surface area contributed by atoms with E-state index in [4.69, 9.17) is 4.74 Å². The van der Waals surface area contributed by atoms with Gasteiger partial charge in [-0.3, -0.25) is 0 Å². The third-order valence-electron chi connectivity index (χ3n) is 2.74. The molecule has 3 heteroatoms. The Kier molecular flexibility index (Phi) is 4.04. The summed E-state index contributed by atoms with van der Waals surface area (Å²) in [5.41, 5.74) is 3.80. The van der Waals surface area contributed by atoms with Crippen molar-refractivity contribution in [2.75, 3.05) is 19.0 Å². The lowest BCUT2D eigenvalue weighted by Gasteiger charge is -2.10. The first-order valence-corrected chi connectivity index (χ1v) is 6.63. The molecular weight excluding hydrogens is 230 g/mol. The van der Waals surface area contributed by atoms with Crippen LogP contribution in [0.4, 0.5) is 5.69 Å². The number of hydrogen-bond acceptors (Lipinski definition) is 3. The number of thiophene rings is 1. The lowest BCUT2D eigenvalue weighted by Crippen LogP contribution is -2.05. The zero-order chi connectivity index (χ0) is 12.1. The fraction of sp³-hybridized carbons (Fsp3) is 0.286. The number of hydrogen-bond donors (Lipinski definition) is 1. The molecule has 2 aromatic rings. The molecule has 17 heavy (non-hydrogen) atoms. The molecule has 0 aliphatic rings. The average Bonchev–Trinajstić information content (AvgIpc) is 2.84. The van der Waals surface area contributed by atoms with Crippen molar-refractivity contribution in [3.05, 3.63) is 46.2 Å². The Morgan fingerprint density at radius 1 is 1.29 bits per heavy atom. The molecule has 0 spiro atoms. The lowest BCUT2D eigenvalue weighted by molar-refractivity contribution is 0.414. The lowest BCUT2D eigenvalue weighted by atomic mass is 10.2. The van der Waals surface area contributed by atoms with Crippen molar-refractivity contribution in [1.82, 2.24) is 0 Å². The second-order valence-corrected chi connectivity index (χ2v) is 4.77. The van der Waals surface area contributed by atoms with E-state index in [9.17, 15) is 0 Å². The highest BCUT2D eigenvalue weighted by Gasteiger charge is 2.00. The molecule has 1 N–H and O–H groups in total. The van der Waals surface area contributed by atoms with E-state index in [1.54, 1.807) is 18.4 Å². The van der Waals surface area contributed by atoms with Crippen molar-refractivity contribution < 1.29 is 4.74 Å². The molecule has 0 aliphatic carbocycles. The van der Waals surface area contributed by atoms with Crippen LogP contribution in [0.15, 0.2) is 35.0 Å². The second-order valence-electron chi connectivity index (χ2n) is 3.99. The van der Waals surface area contributed by atoms with E-state index in [2.05, 4.69) is 35.1 Å². The summed E-state index contributed by atoms with van der Waals surface area (Å²) in [5, 5.41) is 7.77. The smallest absolute Gasteiger partial charge is 0.119 e. The first kappa shape index (κ1) is 12.0. The minimum atomic E-state index is 0.908. The topological polar surface area (TPSA) is 21.3 Å². The number of anilines is 1. The van der Waals surface area contributed by atoms with Gasteiger partial charge in [0.15, 0.2) is 0 Å². The van der Waals surface area contributed by atoms with E-state index in [1.165, 1.54) is 16.8 Å². The molecule has 0 atom stereocenters. The number of aryl methyl sites for hydroxylation is 1. The van der Waals surface area contributed by atoms with Crippen molar-refractivity contribution in [2.24, 2.45) is 0 Å². The summed E-state index contributed by atoms with van der Waals surface area (Å²) < 4.78 is 5.19. The SMILES string of the molecule is COc1ccc(NCCc2ccsc2)c(C)c1. The molecule has 2 nitrogen and oxygen atoms in total. The van der Waals surface area contributed by atoms with Gasteiger partial charge in [-0.15, -0.1) is 0 Å². The Bertz CT molecular complexity index is 465. The summed E-state index contributed by atoms with van der Waals surface area (Å²) in [6.45, 7) is 3.05. The number of ether oxygens (including phenoxy) is 1. The van der Waals surface area contributed by atoms with E-state index in [0.717, 1.165) is 18.7 Å². The monoisotopic (exact) mass is 247 g/mol. The number of nitrogens with one attached hydrogen (secondary N) is 1. The van der Waals surface area contributed by atoms with Gasteiger partial charge in [0.1, 0.15) is 5.75 Å². The van der Waals surface area contributed by atoms with Crippen LogP contribution in [0.2, 0.25) is 0 Å². The maximum Gasteiger partial charge on any atom is 0.119 e.